The first-order valence-electron chi connectivity index (χ1n) is 9.56. The molecule has 0 radical (unpaired) electrons. The average Bonchev–Trinajstić information content (AvgIpc) is 2.79. The summed E-state index contributed by atoms with van der Waals surface area (Å²) in [6.07, 6.45) is 0. The molecule has 0 fully saturated rings. The van der Waals surface area contributed by atoms with E-state index in [0.29, 0.717) is 17.5 Å². The van der Waals surface area contributed by atoms with Crippen molar-refractivity contribution in [2.75, 3.05) is 24.7 Å². The Morgan fingerprint density at radius 3 is 1.38 bits per heavy atom. The molecule has 0 aliphatic heterocycles. The summed E-state index contributed by atoms with van der Waals surface area (Å²) in [7, 11) is 3.80. The summed E-state index contributed by atoms with van der Waals surface area (Å²) in [5.41, 5.74) is 6.06. The van der Waals surface area contributed by atoms with Gasteiger partial charge in [-0.25, -0.2) is 15.0 Å². The second-order valence-corrected chi connectivity index (χ2v) is 6.84. The lowest BCUT2D eigenvalue weighted by molar-refractivity contribution is 1.07. The van der Waals surface area contributed by atoms with Gasteiger partial charge in [0.15, 0.2) is 17.5 Å². The Morgan fingerprint density at radius 1 is 0.552 bits per heavy atom. The molecule has 0 saturated heterocycles. The smallest absolute Gasteiger partial charge is 0.164 e. The number of aryl methyl sites for hydroxylation is 1. The predicted molar refractivity (Wildman–Crippen MR) is 120 cm³/mol. The maximum absolute atomic E-state index is 4.79. The van der Waals surface area contributed by atoms with Gasteiger partial charge in [0, 0.05) is 42.2 Å². The lowest BCUT2D eigenvalue weighted by Crippen LogP contribution is -2.01. The lowest BCUT2D eigenvalue weighted by atomic mass is 10.1. The van der Waals surface area contributed by atoms with E-state index in [2.05, 4.69) is 29.7 Å². The van der Waals surface area contributed by atoms with E-state index < -0.39 is 0 Å². The van der Waals surface area contributed by atoms with Crippen molar-refractivity contribution in [1.82, 2.24) is 15.0 Å². The van der Waals surface area contributed by atoms with E-state index in [1.165, 1.54) is 5.56 Å². The highest BCUT2D eigenvalue weighted by Gasteiger charge is 2.13. The van der Waals surface area contributed by atoms with Crippen molar-refractivity contribution < 1.29 is 0 Å². The van der Waals surface area contributed by atoms with Crippen molar-refractivity contribution in [3.8, 4) is 34.2 Å². The first-order valence-corrected chi connectivity index (χ1v) is 9.56. The fourth-order valence-corrected chi connectivity index (χ4v) is 3.17. The number of nitrogens with one attached hydrogen (secondary N) is 2. The van der Waals surface area contributed by atoms with Crippen molar-refractivity contribution in [2.45, 2.75) is 6.92 Å². The van der Waals surface area contributed by atoms with Gasteiger partial charge in [0.05, 0.1) is 0 Å². The number of benzene rings is 3. The van der Waals surface area contributed by atoms with E-state index in [4.69, 9.17) is 15.0 Å². The molecule has 1 aromatic heterocycles. The van der Waals surface area contributed by atoms with Gasteiger partial charge in [-0.2, -0.15) is 0 Å². The summed E-state index contributed by atoms with van der Waals surface area (Å²) in [6, 6.07) is 24.4. The van der Waals surface area contributed by atoms with Gasteiger partial charge in [-0.05, 0) is 37.3 Å². The largest absolute Gasteiger partial charge is 0.388 e. The van der Waals surface area contributed by atoms with Crippen molar-refractivity contribution in [2.24, 2.45) is 0 Å². The molecule has 0 unspecified atom stereocenters. The first-order chi connectivity index (χ1) is 14.2. The maximum Gasteiger partial charge on any atom is 0.164 e. The molecule has 0 atom stereocenters. The van der Waals surface area contributed by atoms with E-state index in [-0.39, 0.29) is 0 Å². The number of hydrogen-bond acceptors (Lipinski definition) is 5. The molecule has 2 N–H and O–H groups in total. The van der Waals surface area contributed by atoms with Gasteiger partial charge in [0.2, 0.25) is 0 Å². The van der Waals surface area contributed by atoms with Gasteiger partial charge in [0.1, 0.15) is 0 Å². The Balaban J connectivity index is 1.91. The van der Waals surface area contributed by atoms with Crippen LogP contribution in [0.25, 0.3) is 34.2 Å². The normalized spacial score (nSPS) is 10.6. The Labute approximate surface area is 170 Å². The van der Waals surface area contributed by atoms with Crippen LogP contribution in [0.15, 0.2) is 72.8 Å². The van der Waals surface area contributed by atoms with Crippen molar-refractivity contribution in [3.05, 3.63) is 78.4 Å². The molecule has 4 rings (SSSR count). The summed E-state index contributed by atoms with van der Waals surface area (Å²) in [4.78, 5) is 14.4. The molecule has 0 saturated carbocycles. The van der Waals surface area contributed by atoms with Crippen LogP contribution in [0.5, 0.6) is 0 Å². The van der Waals surface area contributed by atoms with Gasteiger partial charge < -0.3 is 10.6 Å². The number of aromatic nitrogens is 3. The fraction of sp³-hybridized carbons (Fsp3) is 0.125. The van der Waals surface area contributed by atoms with E-state index in [1.807, 2.05) is 74.8 Å². The molecule has 0 spiro atoms. The summed E-state index contributed by atoms with van der Waals surface area (Å²) >= 11 is 0. The van der Waals surface area contributed by atoms with Crippen LogP contribution in [-0.4, -0.2) is 29.0 Å². The molecular formula is C24H23N5. The molecule has 1 heterocycles. The molecule has 29 heavy (non-hydrogen) atoms. The third-order valence-corrected chi connectivity index (χ3v) is 4.73. The quantitative estimate of drug-likeness (QED) is 0.493. The van der Waals surface area contributed by atoms with Crippen LogP contribution in [0.3, 0.4) is 0 Å². The highest BCUT2D eigenvalue weighted by Crippen LogP contribution is 2.27. The highest BCUT2D eigenvalue weighted by atomic mass is 15.0. The van der Waals surface area contributed by atoms with Gasteiger partial charge >= 0.3 is 0 Å². The van der Waals surface area contributed by atoms with Gasteiger partial charge in [-0.3, -0.25) is 0 Å². The fourth-order valence-electron chi connectivity index (χ4n) is 3.17. The van der Waals surface area contributed by atoms with Crippen molar-refractivity contribution >= 4 is 11.4 Å². The number of rotatable bonds is 5. The molecular weight excluding hydrogens is 358 g/mol. The molecule has 4 aromatic rings. The topological polar surface area (TPSA) is 62.7 Å². The maximum atomic E-state index is 4.79. The predicted octanol–water partition coefficient (Wildman–Crippen LogP) is 5.26. The standard InChI is InChI=1S/C24H23N5/c1-16-7-4-8-17(13-16)22-27-23(18-9-5-11-20(14-18)25-2)29-24(28-22)19-10-6-12-21(15-19)26-3/h4-15,25-26H,1-3H3. The van der Waals surface area contributed by atoms with Crippen LogP contribution >= 0.6 is 0 Å². The van der Waals surface area contributed by atoms with E-state index in [9.17, 15) is 0 Å². The average molecular weight is 381 g/mol. The monoisotopic (exact) mass is 381 g/mol. The zero-order valence-electron chi connectivity index (χ0n) is 16.8. The van der Waals surface area contributed by atoms with Crippen LogP contribution in [0.2, 0.25) is 0 Å². The summed E-state index contributed by atoms with van der Waals surface area (Å²) in [5, 5.41) is 6.35. The molecule has 5 nitrogen and oxygen atoms in total. The Kier molecular flexibility index (Phi) is 5.20. The Morgan fingerprint density at radius 2 is 0.966 bits per heavy atom. The van der Waals surface area contributed by atoms with Gasteiger partial charge in [-0.1, -0.05) is 48.0 Å². The summed E-state index contributed by atoms with van der Waals surface area (Å²) < 4.78 is 0. The molecule has 0 bridgehead atoms. The first kappa shape index (κ1) is 18.6. The second-order valence-electron chi connectivity index (χ2n) is 6.84. The van der Waals surface area contributed by atoms with Gasteiger partial charge in [-0.15, -0.1) is 0 Å². The van der Waals surface area contributed by atoms with E-state index >= 15 is 0 Å². The highest BCUT2D eigenvalue weighted by molar-refractivity contribution is 5.70. The number of nitrogens with zero attached hydrogens (tertiary/aromatic N) is 3. The molecule has 0 amide bonds. The minimum Gasteiger partial charge on any atom is -0.388 e. The van der Waals surface area contributed by atoms with E-state index in [0.717, 1.165) is 28.1 Å². The van der Waals surface area contributed by atoms with Crippen LogP contribution in [0.4, 0.5) is 11.4 Å². The SMILES string of the molecule is CNc1cccc(-c2nc(-c3cccc(C)c3)nc(-c3cccc(NC)c3)n2)c1. The zero-order valence-corrected chi connectivity index (χ0v) is 16.8. The third kappa shape index (κ3) is 4.09. The summed E-state index contributed by atoms with van der Waals surface area (Å²) in [6.45, 7) is 2.07. The minimum atomic E-state index is 0.651. The molecule has 0 aliphatic carbocycles. The van der Waals surface area contributed by atoms with Crippen LogP contribution in [0, 0.1) is 6.92 Å². The van der Waals surface area contributed by atoms with Crippen LogP contribution < -0.4 is 10.6 Å². The number of hydrogen-bond donors (Lipinski definition) is 2. The minimum absolute atomic E-state index is 0.651. The van der Waals surface area contributed by atoms with Crippen LogP contribution in [0.1, 0.15) is 5.56 Å². The van der Waals surface area contributed by atoms with Crippen molar-refractivity contribution in [1.29, 1.82) is 0 Å². The van der Waals surface area contributed by atoms with Gasteiger partial charge in [0.25, 0.3) is 0 Å². The third-order valence-electron chi connectivity index (χ3n) is 4.73. The second kappa shape index (κ2) is 8.10. The zero-order chi connectivity index (χ0) is 20.2. The molecule has 0 aliphatic rings. The molecule has 5 heteroatoms. The Bertz CT molecular complexity index is 1090. The van der Waals surface area contributed by atoms with Crippen LogP contribution in [-0.2, 0) is 0 Å². The Hall–Kier alpha value is -3.73. The molecule has 144 valence electrons. The van der Waals surface area contributed by atoms with Crippen molar-refractivity contribution in [3.63, 3.8) is 0 Å². The molecule has 3 aromatic carbocycles. The number of anilines is 2. The van der Waals surface area contributed by atoms with E-state index in [1.54, 1.807) is 0 Å². The lowest BCUT2D eigenvalue weighted by Gasteiger charge is -2.10. The summed E-state index contributed by atoms with van der Waals surface area (Å²) in [5.74, 6) is 1.97.